The normalized spacial score (nSPS) is 22.5. The van der Waals surface area contributed by atoms with Crippen molar-refractivity contribution in [2.24, 2.45) is 5.92 Å². The van der Waals surface area contributed by atoms with Gasteiger partial charge in [-0.15, -0.1) is 0 Å². The molecule has 0 saturated heterocycles. The van der Waals surface area contributed by atoms with Crippen molar-refractivity contribution in [3.8, 4) is 5.69 Å². The maximum absolute atomic E-state index is 13.4. The molecule has 0 unspecified atom stereocenters. The van der Waals surface area contributed by atoms with Crippen LogP contribution in [0, 0.1) is 5.92 Å². The molecule has 0 radical (unpaired) electrons. The van der Waals surface area contributed by atoms with Crippen molar-refractivity contribution in [2.75, 3.05) is 6.61 Å². The summed E-state index contributed by atoms with van der Waals surface area (Å²) in [6.45, 7) is 0.881. The van der Waals surface area contributed by atoms with E-state index >= 15 is 0 Å². The lowest BCUT2D eigenvalue weighted by Gasteiger charge is -2.28. The van der Waals surface area contributed by atoms with E-state index in [0.29, 0.717) is 12.5 Å². The molecule has 2 atom stereocenters. The van der Waals surface area contributed by atoms with Crippen LogP contribution >= 0.6 is 0 Å². The van der Waals surface area contributed by atoms with Crippen molar-refractivity contribution in [3.05, 3.63) is 82.7 Å². The van der Waals surface area contributed by atoms with E-state index in [1.807, 2.05) is 21.8 Å². The molecule has 1 aliphatic heterocycles. The van der Waals surface area contributed by atoms with Crippen LogP contribution in [0.1, 0.15) is 70.6 Å². The molecular weight excluding hydrogens is 398 g/mol. The molecule has 3 aliphatic rings. The molecule has 2 aliphatic carbocycles. The number of fused-ring (bicyclic) bond motifs is 1. The second-order valence-corrected chi connectivity index (χ2v) is 9.65. The zero-order valence-corrected chi connectivity index (χ0v) is 18.3. The fourth-order valence-electron chi connectivity index (χ4n) is 5.69. The predicted octanol–water partition coefficient (Wildman–Crippen LogP) is 4.46. The van der Waals surface area contributed by atoms with Crippen molar-refractivity contribution < 1.29 is 9.90 Å². The number of aromatic nitrogens is 2. The summed E-state index contributed by atoms with van der Waals surface area (Å²) in [6.07, 6.45) is 10.2. The Morgan fingerprint density at radius 2 is 1.91 bits per heavy atom. The third kappa shape index (κ3) is 3.45. The first kappa shape index (κ1) is 19.7. The SMILES string of the molecule is O=C1c2cc(Cc3ccc(-n4cccn4)cc3)c(C3CC3)cc2CN1[C@H]1CCC[C@@H]1CO. The smallest absolute Gasteiger partial charge is 0.254 e. The summed E-state index contributed by atoms with van der Waals surface area (Å²) in [5.74, 6) is 1.02. The van der Waals surface area contributed by atoms with Crippen LogP contribution in [0.2, 0.25) is 0 Å². The number of hydrogen-bond donors (Lipinski definition) is 1. The van der Waals surface area contributed by atoms with E-state index in [1.54, 1.807) is 6.20 Å². The van der Waals surface area contributed by atoms with Gasteiger partial charge in [0.15, 0.2) is 0 Å². The van der Waals surface area contributed by atoms with Crippen LogP contribution in [0.15, 0.2) is 54.9 Å². The van der Waals surface area contributed by atoms with Crippen LogP contribution in [0.5, 0.6) is 0 Å². The number of nitrogens with zero attached hydrogens (tertiary/aromatic N) is 3. The highest BCUT2D eigenvalue weighted by Crippen LogP contribution is 2.45. The molecule has 1 aromatic heterocycles. The van der Waals surface area contributed by atoms with Gasteiger partial charge in [0.1, 0.15) is 0 Å². The van der Waals surface area contributed by atoms with Crippen molar-refractivity contribution >= 4 is 5.91 Å². The number of aliphatic hydroxyl groups is 1. The molecular formula is C27H29N3O2. The van der Waals surface area contributed by atoms with Crippen LogP contribution in [0.25, 0.3) is 5.69 Å². The number of carbonyl (C=O) groups excluding carboxylic acids is 1. The van der Waals surface area contributed by atoms with Gasteiger partial charge in [0.05, 0.1) is 5.69 Å². The van der Waals surface area contributed by atoms with Gasteiger partial charge in [-0.1, -0.05) is 24.6 Å². The van der Waals surface area contributed by atoms with Gasteiger partial charge in [0.2, 0.25) is 0 Å². The topological polar surface area (TPSA) is 58.4 Å². The molecule has 2 heterocycles. The Kier molecular flexibility index (Phi) is 4.87. The number of hydrogen-bond acceptors (Lipinski definition) is 3. The quantitative estimate of drug-likeness (QED) is 0.632. The molecule has 1 amide bonds. The van der Waals surface area contributed by atoms with E-state index in [0.717, 1.165) is 36.9 Å². The number of aliphatic hydroxyl groups excluding tert-OH is 1. The number of carbonyl (C=O) groups is 1. The van der Waals surface area contributed by atoms with Crippen LogP contribution in [0.3, 0.4) is 0 Å². The lowest BCUT2D eigenvalue weighted by molar-refractivity contribution is 0.0612. The fourth-order valence-corrected chi connectivity index (χ4v) is 5.69. The molecule has 0 bridgehead atoms. The highest BCUT2D eigenvalue weighted by atomic mass is 16.3. The van der Waals surface area contributed by atoms with Crippen molar-refractivity contribution in [3.63, 3.8) is 0 Å². The number of amides is 1. The molecule has 6 rings (SSSR count). The van der Waals surface area contributed by atoms with Gasteiger partial charge in [-0.2, -0.15) is 5.10 Å². The summed E-state index contributed by atoms with van der Waals surface area (Å²) < 4.78 is 1.87. The Morgan fingerprint density at radius 3 is 2.62 bits per heavy atom. The molecule has 164 valence electrons. The Labute approximate surface area is 188 Å². The largest absolute Gasteiger partial charge is 0.396 e. The maximum Gasteiger partial charge on any atom is 0.254 e. The standard InChI is InChI=1S/C27H29N3O2/c31-17-20-3-1-4-26(20)29-16-22-15-24(19-7-8-19)21(14-25(22)27(29)32)13-18-5-9-23(10-6-18)30-12-2-11-28-30/h2,5-6,9-12,14-15,19-20,26,31H,1,3-4,7-8,13,16-17H2/t20-,26+/m1/s1. The molecule has 2 saturated carbocycles. The average molecular weight is 428 g/mol. The lowest BCUT2D eigenvalue weighted by Crippen LogP contribution is -2.39. The van der Waals surface area contributed by atoms with Crippen LogP contribution in [-0.4, -0.2) is 38.3 Å². The van der Waals surface area contributed by atoms with Crippen molar-refractivity contribution in [1.82, 2.24) is 14.7 Å². The molecule has 32 heavy (non-hydrogen) atoms. The van der Waals surface area contributed by atoms with Crippen LogP contribution in [0.4, 0.5) is 0 Å². The fraction of sp³-hybridized carbons (Fsp3) is 0.407. The molecule has 0 spiro atoms. The van der Waals surface area contributed by atoms with E-state index in [9.17, 15) is 9.90 Å². The third-order valence-electron chi connectivity index (χ3n) is 7.57. The summed E-state index contributed by atoms with van der Waals surface area (Å²) >= 11 is 0. The van der Waals surface area contributed by atoms with Crippen molar-refractivity contribution in [2.45, 2.75) is 57.0 Å². The van der Waals surface area contributed by atoms with Gasteiger partial charge < -0.3 is 10.0 Å². The molecule has 1 N–H and O–H groups in total. The second kappa shape index (κ2) is 7.89. The second-order valence-electron chi connectivity index (χ2n) is 9.65. The minimum absolute atomic E-state index is 0.156. The minimum atomic E-state index is 0.156. The van der Waals surface area contributed by atoms with Gasteiger partial charge >= 0.3 is 0 Å². The molecule has 5 nitrogen and oxygen atoms in total. The van der Waals surface area contributed by atoms with Gasteiger partial charge in [0.25, 0.3) is 5.91 Å². The van der Waals surface area contributed by atoms with Crippen LogP contribution < -0.4 is 0 Å². The van der Waals surface area contributed by atoms with Gasteiger partial charge in [0, 0.05) is 43.1 Å². The highest BCUT2D eigenvalue weighted by Gasteiger charge is 2.40. The van der Waals surface area contributed by atoms with Crippen LogP contribution in [-0.2, 0) is 13.0 Å². The summed E-state index contributed by atoms with van der Waals surface area (Å²) in [4.78, 5) is 15.4. The van der Waals surface area contributed by atoms with Crippen molar-refractivity contribution in [1.29, 1.82) is 0 Å². The first-order valence-electron chi connectivity index (χ1n) is 11.9. The van der Waals surface area contributed by atoms with E-state index in [4.69, 9.17) is 0 Å². The van der Waals surface area contributed by atoms with Gasteiger partial charge in [-0.3, -0.25) is 4.79 Å². The Morgan fingerprint density at radius 1 is 1.06 bits per heavy atom. The first-order chi connectivity index (χ1) is 15.7. The third-order valence-corrected chi connectivity index (χ3v) is 7.57. The minimum Gasteiger partial charge on any atom is -0.396 e. The molecule has 3 aromatic rings. The maximum atomic E-state index is 13.4. The first-order valence-corrected chi connectivity index (χ1v) is 11.9. The lowest BCUT2D eigenvalue weighted by atomic mass is 9.92. The van der Waals surface area contributed by atoms with E-state index in [1.165, 1.54) is 35.1 Å². The molecule has 2 aromatic carbocycles. The zero-order valence-electron chi connectivity index (χ0n) is 18.3. The number of rotatable bonds is 6. The van der Waals surface area contributed by atoms with E-state index in [2.05, 4.69) is 41.5 Å². The zero-order chi connectivity index (χ0) is 21.7. The Balaban J connectivity index is 1.29. The average Bonchev–Trinajstić information content (AvgIpc) is 3.20. The summed E-state index contributed by atoms with van der Waals surface area (Å²) in [5.41, 5.74) is 7.08. The molecule has 2 fully saturated rings. The number of benzene rings is 2. The predicted molar refractivity (Wildman–Crippen MR) is 123 cm³/mol. The highest BCUT2D eigenvalue weighted by molar-refractivity contribution is 5.99. The summed E-state index contributed by atoms with van der Waals surface area (Å²) in [7, 11) is 0. The van der Waals surface area contributed by atoms with E-state index in [-0.39, 0.29) is 24.5 Å². The van der Waals surface area contributed by atoms with Gasteiger partial charge in [-0.05, 0) is 84.5 Å². The Bertz CT molecular complexity index is 1130. The van der Waals surface area contributed by atoms with E-state index < -0.39 is 0 Å². The van der Waals surface area contributed by atoms with Gasteiger partial charge in [-0.25, -0.2) is 4.68 Å². The monoisotopic (exact) mass is 427 g/mol. The summed E-state index contributed by atoms with van der Waals surface area (Å²) in [5, 5.41) is 14.1. The Hall–Kier alpha value is -2.92. The summed E-state index contributed by atoms with van der Waals surface area (Å²) in [6, 6.07) is 15.1. The molecule has 5 heteroatoms.